The van der Waals surface area contributed by atoms with Crippen LogP contribution >= 0.6 is 0 Å². The van der Waals surface area contributed by atoms with Crippen LogP contribution in [0.25, 0.3) is 0 Å². The van der Waals surface area contributed by atoms with Crippen LogP contribution in [0.5, 0.6) is 0 Å². The molecule has 0 saturated carbocycles. The van der Waals surface area contributed by atoms with Gasteiger partial charge in [-0.3, -0.25) is 0 Å². The van der Waals surface area contributed by atoms with Gasteiger partial charge in [0.2, 0.25) is 0 Å². The number of hydrogen-bond acceptors (Lipinski definition) is 2. The van der Waals surface area contributed by atoms with Crippen molar-refractivity contribution in [2.45, 2.75) is 26.1 Å². The van der Waals surface area contributed by atoms with Gasteiger partial charge >= 0.3 is 0 Å². The molecule has 0 bridgehead atoms. The molecule has 2 fully saturated rings. The van der Waals surface area contributed by atoms with Crippen molar-refractivity contribution in [3.05, 3.63) is 0 Å². The predicted molar refractivity (Wildman–Crippen MR) is 37.8 cm³/mol. The number of fused-ring (bicyclic) bond motifs is 1. The molecule has 0 amide bonds. The highest BCUT2D eigenvalue weighted by molar-refractivity contribution is 4.90. The Morgan fingerprint density at radius 2 is 1.30 bits per heavy atom. The fourth-order valence-corrected chi connectivity index (χ4v) is 1.88. The summed E-state index contributed by atoms with van der Waals surface area (Å²) in [5.41, 5.74) is 0. The van der Waals surface area contributed by atoms with Gasteiger partial charge in [-0.05, 0) is 0 Å². The van der Waals surface area contributed by atoms with Gasteiger partial charge in [-0.25, -0.2) is 0 Å². The van der Waals surface area contributed by atoms with Gasteiger partial charge in [0.05, 0.1) is 25.4 Å². The first-order valence-corrected chi connectivity index (χ1v) is 4.02. The second-order valence-corrected chi connectivity index (χ2v) is 3.55. The van der Waals surface area contributed by atoms with E-state index in [4.69, 9.17) is 9.47 Å². The summed E-state index contributed by atoms with van der Waals surface area (Å²) in [6.07, 6.45) is 0.796. The number of rotatable bonds is 0. The predicted octanol–water partition coefficient (Wildman–Crippen LogP) is 1.06. The number of ether oxygens (including phenoxy) is 2. The highest BCUT2D eigenvalue weighted by atomic mass is 16.6. The molecule has 2 heteroatoms. The van der Waals surface area contributed by atoms with E-state index < -0.39 is 0 Å². The van der Waals surface area contributed by atoms with Gasteiger partial charge in [0.25, 0.3) is 0 Å². The van der Waals surface area contributed by atoms with Crippen molar-refractivity contribution in [2.75, 3.05) is 13.2 Å². The third kappa shape index (κ3) is 0.789. The van der Waals surface area contributed by atoms with Crippen LogP contribution in [0.4, 0.5) is 0 Å². The molecule has 0 aromatic rings. The van der Waals surface area contributed by atoms with Gasteiger partial charge in [0, 0.05) is 11.8 Å². The van der Waals surface area contributed by atoms with Crippen LogP contribution in [-0.2, 0) is 9.47 Å². The monoisotopic (exact) mass is 142 g/mol. The Labute approximate surface area is 61.5 Å². The van der Waals surface area contributed by atoms with E-state index >= 15 is 0 Å². The summed E-state index contributed by atoms with van der Waals surface area (Å²) in [5.74, 6) is 1.21. The molecule has 2 aliphatic heterocycles. The molecule has 0 N–H and O–H groups in total. The smallest absolute Gasteiger partial charge is 0.0887 e. The Morgan fingerprint density at radius 1 is 0.900 bits per heavy atom. The molecule has 2 rings (SSSR count). The maximum atomic E-state index is 5.58. The van der Waals surface area contributed by atoms with Crippen LogP contribution in [0.2, 0.25) is 0 Å². The molecule has 2 heterocycles. The van der Waals surface area contributed by atoms with Crippen molar-refractivity contribution < 1.29 is 9.47 Å². The molecule has 10 heavy (non-hydrogen) atoms. The first kappa shape index (κ1) is 6.62. The van der Waals surface area contributed by atoms with E-state index in [1.165, 1.54) is 0 Å². The van der Waals surface area contributed by atoms with Gasteiger partial charge in [0.15, 0.2) is 0 Å². The minimum atomic E-state index is 0.398. The van der Waals surface area contributed by atoms with E-state index in [1.54, 1.807) is 0 Å². The quantitative estimate of drug-likeness (QED) is 0.503. The lowest BCUT2D eigenvalue weighted by atomic mass is 9.99. The summed E-state index contributed by atoms with van der Waals surface area (Å²) in [6, 6.07) is 0. The number of hydrogen-bond donors (Lipinski definition) is 0. The zero-order valence-electron chi connectivity index (χ0n) is 6.54. The summed E-state index contributed by atoms with van der Waals surface area (Å²) in [6.45, 7) is 6.17. The lowest BCUT2D eigenvalue weighted by Gasteiger charge is -2.10. The van der Waals surface area contributed by atoms with E-state index in [1.807, 2.05) is 0 Å². The van der Waals surface area contributed by atoms with Crippen LogP contribution in [0.3, 0.4) is 0 Å². The SMILES string of the molecule is C[C@@H]1COC2C1OC[C@H]2C. The van der Waals surface area contributed by atoms with Crippen molar-refractivity contribution >= 4 is 0 Å². The van der Waals surface area contributed by atoms with E-state index in [0.29, 0.717) is 24.0 Å². The fourth-order valence-electron chi connectivity index (χ4n) is 1.88. The molecule has 0 radical (unpaired) electrons. The highest BCUT2D eigenvalue weighted by Gasteiger charge is 2.43. The normalized spacial score (nSPS) is 53.4. The van der Waals surface area contributed by atoms with Gasteiger partial charge in [0.1, 0.15) is 0 Å². The second-order valence-electron chi connectivity index (χ2n) is 3.55. The van der Waals surface area contributed by atoms with Gasteiger partial charge in [-0.15, -0.1) is 0 Å². The van der Waals surface area contributed by atoms with Crippen LogP contribution in [0.1, 0.15) is 13.8 Å². The van der Waals surface area contributed by atoms with Crippen molar-refractivity contribution in [2.24, 2.45) is 11.8 Å². The van der Waals surface area contributed by atoms with Crippen LogP contribution in [0, 0.1) is 11.8 Å². The Bertz CT molecular complexity index is 119. The summed E-state index contributed by atoms with van der Waals surface area (Å²) < 4.78 is 11.2. The zero-order valence-corrected chi connectivity index (χ0v) is 6.54. The molecule has 2 aliphatic rings. The van der Waals surface area contributed by atoms with Crippen molar-refractivity contribution in [1.82, 2.24) is 0 Å². The average molecular weight is 142 g/mol. The topological polar surface area (TPSA) is 18.5 Å². The average Bonchev–Trinajstić information content (AvgIpc) is 2.41. The molecule has 4 atom stereocenters. The summed E-state index contributed by atoms with van der Waals surface area (Å²) in [5, 5.41) is 0. The van der Waals surface area contributed by atoms with Crippen LogP contribution in [0.15, 0.2) is 0 Å². The molecule has 0 aliphatic carbocycles. The van der Waals surface area contributed by atoms with Crippen LogP contribution in [-0.4, -0.2) is 25.4 Å². The fraction of sp³-hybridized carbons (Fsp3) is 1.00. The van der Waals surface area contributed by atoms with E-state index in [0.717, 1.165) is 13.2 Å². The van der Waals surface area contributed by atoms with E-state index in [9.17, 15) is 0 Å². The Kier molecular flexibility index (Phi) is 1.46. The van der Waals surface area contributed by atoms with Crippen molar-refractivity contribution in [3.63, 3.8) is 0 Å². The highest BCUT2D eigenvalue weighted by Crippen LogP contribution is 2.33. The zero-order chi connectivity index (χ0) is 7.14. The molecule has 0 spiro atoms. The third-order valence-electron chi connectivity index (χ3n) is 2.55. The maximum Gasteiger partial charge on any atom is 0.0887 e. The van der Waals surface area contributed by atoms with E-state index in [2.05, 4.69) is 13.8 Å². The van der Waals surface area contributed by atoms with Gasteiger partial charge < -0.3 is 9.47 Å². The first-order chi connectivity index (χ1) is 4.79. The second kappa shape index (κ2) is 2.21. The Balaban J connectivity index is 2.09. The maximum absolute atomic E-state index is 5.58. The summed E-state index contributed by atoms with van der Waals surface area (Å²) in [7, 11) is 0. The van der Waals surface area contributed by atoms with E-state index in [-0.39, 0.29) is 0 Å². The molecule has 2 unspecified atom stereocenters. The molecular weight excluding hydrogens is 128 g/mol. The minimum absolute atomic E-state index is 0.398. The molecule has 58 valence electrons. The standard InChI is InChI=1S/C8H14O2/c1-5-3-9-8-6(2)4-10-7(5)8/h5-8H,3-4H2,1-2H3/t5-,6-,7?,8?/m1/s1. The summed E-state index contributed by atoms with van der Waals surface area (Å²) >= 11 is 0. The van der Waals surface area contributed by atoms with Crippen LogP contribution < -0.4 is 0 Å². The summed E-state index contributed by atoms with van der Waals surface area (Å²) in [4.78, 5) is 0. The van der Waals surface area contributed by atoms with Crippen molar-refractivity contribution in [3.8, 4) is 0 Å². The molecule has 0 aromatic carbocycles. The minimum Gasteiger partial charge on any atom is -0.375 e. The third-order valence-corrected chi connectivity index (χ3v) is 2.55. The molecule has 2 nitrogen and oxygen atoms in total. The van der Waals surface area contributed by atoms with Gasteiger partial charge in [-0.2, -0.15) is 0 Å². The molecule has 0 aromatic heterocycles. The first-order valence-electron chi connectivity index (χ1n) is 4.02. The molecule has 2 saturated heterocycles. The lowest BCUT2D eigenvalue weighted by molar-refractivity contribution is 0.0627. The Hall–Kier alpha value is -0.0800. The van der Waals surface area contributed by atoms with Crippen molar-refractivity contribution in [1.29, 1.82) is 0 Å². The Morgan fingerprint density at radius 3 is 1.70 bits per heavy atom. The molecular formula is C8H14O2. The lowest BCUT2D eigenvalue weighted by Crippen LogP contribution is -2.23. The largest absolute Gasteiger partial charge is 0.375 e. The van der Waals surface area contributed by atoms with Gasteiger partial charge in [-0.1, -0.05) is 13.8 Å².